The maximum Gasteiger partial charge on any atom is 0.209 e. The third-order valence-corrected chi connectivity index (χ3v) is 8.83. The quantitative estimate of drug-likeness (QED) is 0.448. The zero-order valence-electron chi connectivity index (χ0n) is 16.8. The highest BCUT2D eigenvalue weighted by atomic mass is 32.2. The summed E-state index contributed by atoms with van der Waals surface area (Å²) in [6.45, 7) is 7.02. The minimum absolute atomic E-state index is 0.206. The fourth-order valence-corrected chi connectivity index (χ4v) is 7.49. The van der Waals surface area contributed by atoms with E-state index >= 15 is 0 Å². The molecule has 4 aliphatic rings. The molecular weight excluding hydrogens is 327 g/mol. The van der Waals surface area contributed by atoms with Gasteiger partial charge >= 0.3 is 0 Å². The monoisotopic (exact) mass is 361 g/mol. The van der Waals surface area contributed by atoms with Gasteiger partial charge in [-0.25, -0.2) is 0 Å². The minimum atomic E-state index is -0.228. The normalized spacial score (nSPS) is 51.2. The first-order valence-corrected chi connectivity index (χ1v) is 10.8. The van der Waals surface area contributed by atoms with Gasteiger partial charge in [0.25, 0.3) is 0 Å². The lowest BCUT2D eigenvalue weighted by Crippen LogP contribution is -2.49. The first-order chi connectivity index (χ1) is 12.4. The second kappa shape index (κ2) is 6.46. The van der Waals surface area contributed by atoms with Gasteiger partial charge in [-0.1, -0.05) is 43.5 Å². The van der Waals surface area contributed by atoms with Gasteiger partial charge in [0.2, 0.25) is 7.09 Å². The summed E-state index contributed by atoms with van der Waals surface area (Å²) in [4.78, 5) is 0. The number of allylic oxidation sites excluding steroid dienone is 2. The summed E-state index contributed by atoms with van der Waals surface area (Å²) < 4.78 is 13.0. The summed E-state index contributed by atoms with van der Waals surface area (Å²) in [5.74, 6) is 2.09. The third kappa shape index (κ3) is 2.62. The van der Waals surface area contributed by atoms with Crippen molar-refractivity contribution >= 4 is 19.0 Å². The molecular formula is C21H32BO2S. The lowest BCUT2D eigenvalue weighted by Gasteiger charge is -2.57. The van der Waals surface area contributed by atoms with Crippen molar-refractivity contribution in [1.29, 1.82) is 1.34 Å². The van der Waals surface area contributed by atoms with Crippen molar-refractivity contribution in [2.75, 3.05) is 0 Å². The molecule has 0 aliphatic heterocycles. The maximum atomic E-state index is 10.7. The molecule has 0 spiro atoms. The molecule has 3 saturated carbocycles. The topological polar surface area (TPSA) is 29.5 Å². The summed E-state index contributed by atoms with van der Waals surface area (Å²) in [6, 6.07) is 0. The van der Waals surface area contributed by atoms with Gasteiger partial charge in [0.1, 0.15) is 0 Å². The van der Waals surface area contributed by atoms with Gasteiger partial charge in [-0.2, -0.15) is 0 Å². The molecule has 0 saturated heterocycles. The van der Waals surface area contributed by atoms with Crippen LogP contribution in [0.4, 0.5) is 0 Å². The fourth-order valence-electron chi connectivity index (χ4n) is 7.17. The Hall–Kier alpha value is -0.185. The minimum Gasteiger partial charge on any atom is -0.389 e. The summed E-state index contributed by atoms with van der Waals surface area (Å²) in [7, 11) is 1.28. The maximum absolute atomic E-state index is 10.7. The van der Waals surface area contributed by atoms with Crippen molar-refractivity contribution in [3.63, 3.8) is 0 Å². The first-order valence-electron chi connectivity index (χ1n) is 10.6. The van der Waals surface area contributed by atoms with Gasteiger partial charge in [0, 0.05) is 0 Å². The van der Waals surface area contributed by atoms with E-state index < -0.39 is 0 Å². The van der Waals surface area contributed by atoms with Crippen LogP contribution in [0, 0.1) is 28.6 Å². The van der Waals surface area contributed by atoms with E-state index in [2.05, 4.69) is 32.9 Å². The SMILES string of the molecule is [3H][B]SO[C@H]1CC[C@@]2(C)C(=CC[C@@H]3[C@@H]2CC[C@]2(C)/C(=C\C)[C@H](O)C[C@@H]32)C1. The Morgan fingerprint density at radius 1 is 1.32 bits per heavy atom. The second-order valence-electron chi connectivity index (χ2n) is 9.27. The molecule has 2 nitrogen and oxygen atoms in total. The van der Waals surface area contributed by atoms with Crippen molar-refractivity contribution in [3.05, 3.63) is 23.3 Å². The second-order valence-corrected chi connectivity index (χ2v) is 9.65. The smallest absolute Gasteiger partial charge is 0.209 e. The molecule has 0 unspecified atom stereocenters. The molecule has 0 bridgehead atoms. The molecule has 25 heavy (non-hydrogen) atoms. The average molecular weight is 361 g/mol. The lowest BCUT2D eigenvalue weighted by atomic mass is 9.48. The molecule has 4 aliphatic carbocycles. The molecule has 4 rings (SSSR count). The number of rotatable bonds is 3. The summed E-state index contributed by atoms with van der Waals surface area (Å²) >= 11 is 1.17. The van der Waals surface area contributed by atoms with Crippen LogP contribution in [0.15, 0.2) is 23.3 Å². The molecule has 0 aromatic rings. The zero-order chi connectivity index (χ0) is 18.5. The van der Waals surface area contributed by atoms with E-state index in [0.717, 1.165) is 25.2 Å². The van der Waals surface area contributed by atoms with E-state index in [9.17, 15) is 5.11 Å². The van der Waals surface area contributed by atoms with E-state index in [0.29, 0.717) is 17.3 Å². The van der Waals surface area contributed by atoms with Crippen LogP contribution in [0.3, 0.4) is 0 Å². The molecule has 0 heterocycles. The summed E-state index contributed by atoms with van der Waals surface area (Å²) in [5.41, 5.74) is 3.43. The highest BCUT2D eigenvalue weighted by Crippen LogP contribution is 2.66. The molecule has 7 atom stereocenters. The fraction of sp³-hybridized carbons (Fsp3) is 0.810. The highest BCUT2D eigenvalue weighted by Gasteiger charge is 2.58. The van der Waals surface area contributed by atoms with Crippen molar-refractivity contribution in [2.45, 2.75) is 77.9 Å². The van der Waals surface area contributed by atoms with E-state index in [-0.39, 0.29) is 17.6 Å². The first kappa shape index (κ1) is 17.0. The van der Waals surface area contributed by atoms with Crippen LogP contribution in [-0.4, -0.2) is 25.7 Å². The number of hydrogen-bond acceptors (Lipinski definition) is 3. The standard InChI is InChI=1S/C21H32BO2S/c1-4-16-19(23)12-18-15-6-5-13-11-14(24-25-22)7-9-20(13,2)17(15)8-10-21(16,18)3/h4-5,14-15,17-19,22-23H,6-12H2,1-3H3/b16-4-/t14-,15+,17-,18-,19+,20-,21+/m0/s1/i22T. The van der Waals surface area contributed by atoms with E-state index in [1.807, 2.05) is 0 Å². The Balaban J connectivity index is 1.58. The van der Waals surface area contributed by atoms with Crippen molar-refractivity contribution in [1.82, 2.24) is 0 Å². The van der Waals surface area contributed by atoms with Crippen LogP contribution < -0.4 is 0 Å². The van der Waals surface area contributed by atoms with Crippen molar-refractivity contribution in [2.24, 2.45) is 28.6 Å². The Bertz CT molecular complexity index is 623. The van der Waals surface area contributed by atoms with Crippen LogP contribution in [-0.2, 0) is 4.18 Å². The Morgan fingerprint density at radius 3 is 2.88 bits per heavy atom. The van der Waals surface area contributed by atoms with Gasteiger partial charge in [0.05, 0.1) is 12.2 Å². The molecule has 4 heteroatoms. The van der Waals surface area contributed by atoms with Crippen LogP contribution in [0.25, 0.3) is 0 Å². The van der Waals surface area contributed by atoms with Gasteiger partial charge in [-0.05, 0) is 87.4 Å². The number of hydrogen-bond donors (Lipinski definition) is 1. The Labute approximate surface area is 159 Å². The number of fused-ring (bicyclic) bond motifs is 5. The van der Waals surface area contributed by atoms with Gasteiger partial charge < -0.3 is 9.29 Å². The van der Waals surface area contributed by atoms with E-state index in [1.165, 1.54) is 50.2 Å². The molecule has 1 radical (unpaired) electrons. The number of aliphatic hydroxyl groups excluding tert-OH is 1. The van der Waals surface area contributed by atoms with Crippen LogP contribution in [0.2, 0.25) is 0 Å². The molecule has 1 N–H and O–H groups in total. The van der Waals surface area contributed by atoms with Crippen molar-refractivity contribution < 1.29 is 9.29 Å². The summed E-state index contributed by atoms with van der Waals surface area (Å²) in [5, 5.41) is 10.7. The van der Waals surface area contributed by atoms with E-state index in [4.69, 9.17) is 5.52 Å². The van der Waals surface area contributed by atoms with E-state index in [1.54, 1.807) is 5.57 Å². The zero-order valence-corrected chi connectivity index (χ0v) is 16.6. The largest absolute Gasteiger partial charge is 0.389 e. The lowest BCUT2D eigenvalue weighted by molar-refractivity contribution is -0.0237. The van der Waals surface area contributed by atoms with Gasteiger partial charge in [0.15, 0.2) is 0 Å². The Kier molecular flexibility index (Phi) is 4.38. The Morgan fingerprint density at radius 2 is 2.12 bits per heavy atom. The van der Waals surface area contributed by atoms with Gasteiger partial charge in [-0.15, -0.1) is 0 Å². The third-order valence-electron chi connectivity index (χ3n) is 8.45. The predicted molar refractivity (Wildman–Crippen MR) is 106 cm³/mol. The van der Waals surface area contributed by atoms with Gasteiger partial charge in [-0.3, -0.25) is 0 Å². The molecule has 0 aromatic carbocycles. The highest BCUT2D eigenvalue weighted by molar-refractivity contribution is 8.15. The average Bonchev–Trinajstić information content (AvgIpc) is 2.89. The molecule has 0 aromatic heterocycles. The summed E-state index contributed by atoms with van der Waals surface area (Å²) in [6.07, 6.45) is 12.7. The predicted octanol–water partition coefficient (Wildman–Crippen LogP) is 4.72. The van der Waals surface area contributed by atoms with Crippen LogP contribution in [0.1, 0.15) is 65.7 Å². The number of aliphatic hydroxyl groups is 1. The molecule has 0 amide bonds. The molecule has 3 fully saturated rings. The molecule has 137 valence electrons. The van der Waals surface area contributed by atoms with Crippen molar-refractivity contribution in [3.8, 4) is 0 Å². The van der Waals surface area contributed by atoms with Crippen LogP contribution >= 0.6 is 11.9 Å². The van der Waals surface area contributed by atoms with Crippen LogP contribution in [0.5, 0.6) is 0 Å².